The second kappa shape index (κ2) is 2.67. The highest BCUT2D eigenvalue weighted by Gasteiger charge is 2.22. The van der Waals surface area contributed by atoms with Crippen molar-refractivity contribution >= 4 is 5.97 Å². The largest absolute Gasteiger partial charge is 0.480 e. The lowest BCUT2D eigenvalue weighted by Gasteiger charge is -2.22. The molecule has 0 saturated carbocycles. The summed E-state index contributed by atoms with van der Waals surface area (Å²) < 4.78 is 0. The average molecular weight is 117 g/mol. The highest BCUT2D eigenvalue weighted by atomic mass is 16.4. The van der Waals surface area contributed by atoms with Crippen LogP contribution in [0.4, 0.5) is 0 Å². The SMILES string of the molecule is C.O=C(O)C1CCN1. The maximum absolute atomic E-state index is 9.92. The Bertz CT molecular complexity index is 88.4. The van der Waals surface area contributed by atoms with E-state index in [0.717, 1.165) is 13.0 Å². The Kier molecular flexibility index (Phi) is 2.48. The van der Waals surface area contributed by atoms with Crippen molar-refractivity contribution in [3.8, 4) is 0 Å². The number of carboxylic acids is 1. The van der Waals surface area contributed by atoms with Gasteiger partial charge < -0.3 is 10.4 Å². The molecule has 0 amide bonds. The van der Waals surface area contributed by atoms with Crippen LogP contribution >= 0.6 is 0 Å². The molecule has 0 aromatic heterocycles. The molecule has 1 rings (SSSR count). The van der Waals surface area contributed by atoms with E-state index in [2.05, 4.69) is 5.32 Å². The van der Waals surface area contributed by atoms with Crippen molar-refractivity contribution in [2.45, 2.75) is 19.9 Å². The molecule has 0 aromatic carbocycles. The van der Waals surface area contributed by atoms with Gasteiger partial charge in [0.15, 0.2) is 0 Å². The Morgan fingerprint density at radius 2 is 2.25 bits per heavy atom. The third-order valence-corrected chi connectivity index (χ3v) is 1.12. The van der Waals surface area contributed by atoms with Gasteiger partial charge in [-0.2, -0.15) is 0 Å². The number of nitrogens with one attached hydrogen (secondary N) is 1. The topological polar surface area (TPSA) is 49.3 Å². The van der Waals surface area contributed by atoms with Gasteiger partial charge in [0.05, 0.1) is 0 Å². The van der Waals surface area contributed by atoms with Gasteiger partial charge in [-0.05, 0) is 13.0 Å². The van der Waals surface area contributed by atoms with Crippen molar-refractivity contribution in [1.82, 2.24) is 5.32 Å². The summed E-state index contributed by atoms with van der Waals surface area (Å²) in [5.74, 6) is -0.730. The fourth-order valence-electron chi connectivity index (χ4n) is 0.499. The van der Waals surface area contributed by atoms with Gasteiger partial charge in [0.2, 0.25) is 0 Å². The number of hydrogen-bond acceptors (Lipinski definition) is 2. The van der Waals surface area contributed by atoms with Crippen molar-refractivity contribution in [1.29, 1.82) is 0 Å². The minimum Gasteiger partial charge on any atom is -0.480 e. The van der Waals surface area contributed by atoms with Gasteiger partial charge in [0, 0.05) is 0 Å². The van der Waals surface area contributed by atoms with Gasteiger partial charge in [-0.15, -0.1) is 0 Å². The molecule has 48 valence electrons. The van der Waals surface area contributed by atoms with E-state index in [-0.39, 0.29) is 13.5 Å². The summed E-state index contributed by atoms with van der Waals surface area (Å²) in [7, 11) is 0. The average Bonchev–Trinajstić information content (AvgIpc) is 1.23. The normalized spacial score (nSPS) is 25.2. The number of aliphatic carboxylic acids is 1. The summed E-state index contributed by atoms with van der Waals surface area (Å²) in [6.07, 6.45) is 0.787. The van der Waals surface area contributed by atoms with Gasteiger partial charge in [0.25, 0.3) is 0 Å². The first-order chi connectivity index (χ1) is 3.30. The predicted octanol–water partition coefficient (Wildman–Crippen LogP) is 0.0690. The molecule has 1 saturated heterocycles. The van der Waals surface area contributed by atoms with Gasteiger partial charge in [-0.3, -0.25) is 4.79 Å². The van der Waals surface area contributed by atoms with E-state index >= 15 is 0 Å². The Morgan fingerprint density at radius 1 is 1.75 bits per heavy atom. The Hall–Kier alpha value is -0.570. The van der Waals surface area contributed by atoms with E-state index in [1.807, 2.05) is 0 Å². The van der Waals surface area contributed by atoms with E-state index in [1.165, 1.54) is 0 Å². The van der Waals surface area contributed by atoms with E-state index in [1.54, 1.807) is 0 Å². The molecular weight excluding hydrogens is 106 g/mol. The molecule has 3 nitrogen and oxygen atoms in total. The highest BCUT2D eigenvalue weighted by Crippen LogP contribution is 1.99. The van der Waals surface area contributed by atoms with Crippen molar-refractivity contribution in [3.63, 3.8) is 0 Å². The lowest BCUT2D eigenvalue weighted by atomic mass is 10.1. The van der Waals surface area contributed by atoms with Crippen LogP contribution in [0.3, 0.4) is 0 Å². The van der Waals surface area contributed by atoms with Crippen LogP contribution in [-0.2, 0) is 4.79 Å². The quantitative estimate of drug-likeness (QED) is 0.511. The maximum Gasteiger partial charge on any atom is 0.320 e. The standard InChI is InChI=1S/C4H7NO2.CH4/c6-4(7)3-1-2-5-3;/h3,5H,1-2H2,(H,6,7);1H4. The second-order valence-corrected chi connectivity index (χ2v) is 1.63. The van der Waals surface area contributed by atoms with Gasteiger partial charge in [-0.1, -0.05) is 7.43 Å². The zero-order chi connectivity index (χ0) is 5.28. The fourth-order valence-corrected chi connectivity index (χ4v) is 0.499. The van der Waals surface area contributed by atoms with Gasteiger partial charge in [0.1, 0.15) is 6.04 Å². The Balaban J connectivity index is 0.000000490. The van der Waals surface area contributed by atoms with E-state index in [9.17, 15) is 4.79 Å². The summed E-state index contributed by atoms with van der Waals surface area (Å²) in [6, 6.07) is -0.250. The van der Waals surface area contributed by atoms with Crippen LogP contribution < -0.4 is 5.32 Å². The molecule has 0 bridgehead atoms. The summed E-state index contributed by atoms with van der Waals surface area (Å²) in [5, 5.41) is 10.9. The molecular formula is C5H11NO2. The molecule has 1 aliphatic rings. The fraction of sp³-hybridized carbons (Fsp3) is 0.800. The van der Waals surface area contributed by atoms with Crippen LogP contribution in [0.5, 0.6) is 0 Å². The van der Waals surface area contributed by atoms with Crippen molar-refractivity contribution in [2.24, 2.45) is 0 Å². The molecule has 3 heteroatoms. The van der Waals surface area contributed by atoms with Crippen molar-refractivity contribution in [2.75, 3.05) is 6.54 Å². The van der Waals surface area contributed by atoms with Gasteiger partial charge >= 0.3 is 5.97 Å². The Morgan fingerprint density at radius 3 is 2.25 bits per heavy atom. The summed E-state index contributed by atoms with van der Waals surface area (Å²) >= 11 is 0. The molecule has 0 spiro atoms. The number of rotatable bonds is 1. The Labute approximate surface area is 48.7 Å². The predicted molar refractivity (Wildman–Crippen MR) is 30.8 cm³/mol. The van der Waals surface area contributed by atoms with Crippen LogP contribution in [0.25, 0.3) is 0 Å². The van der Waals surface area contributed by atoms with Gasteiger partial charge in [-0.25, -0.2) is 0 Å². The maximum atomic E-state index is 9.92. The number of carboxylic acid groups (broad SMARTS) is 1. The smallest absolute Gasteiger partial charge is 0.320 e. The summed E-state index contributed by atoms with van der Waals surface area (Å²) in [6.45, 7) is 0.858. The van der Waals surface area contributed by atoms with E-state index in [4.69, 9.17) is 5.11 Å². The minimum absolute atomic E-state index is 0. The minimum atomic E-state index is -0.730. The lowest BCUT2D eigenvalue weighted by molar-refractivity contribution is -0.141. The molecule has 1 unspecified atom stereocenters. The molecule has 1 heterocycles. The number of hydrogen-bond donors (Lipinski definition) is 2. The van der Waals surface area contributed by atoms with E-state index < -0.39 is 5.97 Å². The highest BCUT2D eigenvalue weighted by molar-refractivity contribution is 5.74. The van der Waals surface area contributed by atoms with Crippen molar-refractivity contribution in [3.05, 3.63) is 0 Å². The van der Waals surface area contributed by atoms with E-state index in [0.29, 0.717) is 0 Å². The summed E-state index contributed by atoms with van der Waals surface area (Å²) in [4.78, 5) is 9.92. The molecule has 0 aliphatic carbocycles. The molecule has 0 radical (unpaired) electrons. The molecule has 1 fully saturated rings. The molecule has 1 aliphatic heterocycles. The monoisotopic (exact) mass is 117 g/mol. The molecule has 2 N–H and O–H groups in total. The first-order valence-electron chi connectivity index (χ1n) is 2.27. The van der Waals surface area contributed by atoms with Crippen LogP contribution in [0, 0.1) is 0 Å². The van der Waals surface area contributed by atoms with Crippen LogP contribution in [0.15, 0.2) is 0 Å². The van der Waals surface area contributed by atoms with Crippen molar-refractivity contribution < 1.29 is 9.90 Å². The first kappa shape index (κ1) is 7.43. The first-order valence-corrected chi connectivity index (χ1v) is 2.27. The second-order valence-electron chi connectivity index (χ2n) is 1.63. The van der Waals surface area contributed by atoms with Crippen LogP contribution in [0.1, 0.15) is 13.8 Å². The zero-order valence-electron chi connectivity index (χ0n) is 3.85. The van der Waals surface area contributed by atoms with Crippen LogP contribution in [0.2, 0.25) is 0 Å². The zero-order valence-corrected chi connectivity index (χ0v) is 3.85. The third kappa shape index (κ3) is 1.20. The number of carbonyl (C=O) groups is 1. The third-order valence-electron chi connectivity index (χ3n) is 1.12. The molecule has 0 aromatic rings. The lowest BCUT2D eigenvalue weighted by Crippen LogP contribution is -2.48. The molecule has 1 atom stereocenters. The van der Waals surface area contributed by atoms with Crippen LogP contribution in [-0.4, -0.2) is 23.7 Å². The molecule has 8 heavy (non-hydrogen) atoms. The summed E-state index contributed by atoms with van der Waals surface area (Å²) in [5.41, 5.74) is 0.